The van der Waals surface area contributed by atoms with E-state index in [1.807, 2.05) is 0 Å². The van der Waals surface area contributed by atoms with E-state index in [-0.39, 0.29) is 30.3 Å². The third-order valence-electron chi connectivity index (χ3n) is 4.26. The highest BCUT2D eigenvalue weighted by atomic mass is 35.5. The molecule has 2 heterocycles. The first-order valence-corrected chi connectivity index (χ1v) is 9.20. The average Bonchev–Trinajstić information content (AvgIpc) is 2.84. The molecule has 2 aliphatic rings. The Labute approximate surface area is 133 Å². The molecule has 0 radical (unpaired) electrons. The molecule has 2 saturated heterocycles. The monoisotopic (exact) mass is 339 g/mol. The highest BCUT2D eigenvalue weighted by Gasteiger charge is 2.32. The predicted molar refractivity (Wildman–Crippen MR) is 85.0 cm³/mol. The minimum atomic E-state index is -3.16. The van der Waals surface area contributed by atoms with Crippen LogP contribution in [0.4, 0.5) is 0 Å². The number of carbonyl (C=O) groups is 1. The minimum absolute atomic E-state index is 0. The van der Waals surface area contributed by atoms with Gasteiger partial charge in [0.25, 0.3) is 0 Å². The van der Waals surface area contributed by atoms with E-state index in [0.29, 0.717) is 19.1 Å². The van der Waals surface area contributed by atoms with Crippen molar-refractivity contribution >= 4 is 28.3 Å². The first-order valence-electron chi connectivity index (χ1n) is 7.36. The van der Waals surface area contributed by atoms with Crippen molar-refractivity contribution in [3.05, 3.63) is 0 Å². The standard InChI is InChI=1S/C13H25N3O3S.ClH/c1-10-8-11(5-6-14-10)13(17)15-9-12-4-3-7-16(12)20(2,18)19;/h10-12,14H,3-9H2,1-2H3,(H,15,17);1H/t10-,11-,12+;/m0./s1. The van der Waals surface area contributed by atoms with Gasteiger partial charge in [-0.25, -0.2) is 8.42 Å². The van der Waals surface area contributed by atoms with Crippen molar-refractivity contribution in [1.29, 1.82) is 0 Å². The Bertz CT molecular complexity index is 458. The lowest BCUT2D eigenvalue weighted by Crippen LogP contribution is -2.46. The van der Waals surface area contributed by atoms with E-state index in [0.717, 1.165) is 32.2 Å². The van der Waals surface area contributed by atoms with Crippen molar-refractivity contribution < 1.29 is 13.2 Å². The minimum Gasteiger partial charge on any atom is -0.354 e. The van der Waals surface area contributed by atoms with Crippen molar-refractivity contribution in [2.24, 2.45) is 5.92 Å². The normalized spacial score (nSPS) is 30.7. The molecule has 2 fully saturated rings. The summed E-state index contributed by atoms with van der Waals surface area (Å²) in [5.41, 5.74) is 0. The molecule has 0 saturated carbocycles. The molecule has 2 aliphatic heterocycles. The summed E-state index contributed by atoms with van der Waals surface area (Å²) in [6.07, 6.45) is 4.65. The second-order valence-corrected chi connectivity index (χ2v) is 7.93. The third-order valence-corrected chi connectivity index (χ3v) is 5.59. The van der Waals surface area contributed by atoms with Crippen molar-refractivity contribution in [3.63, 3.8) is 0 Å². The van der Waals surface area contributed by atoms with Crippen molar-refractivity contribution in [2.45, 2.75) is 44.7 Å². The zero-order chi connectivity index (χ0) is 14.8. The zero-order valence-electron chi connectivity index (χ0n) is 12.7. The fraction of sp³-hybridized carbons (Fsp3) is 0.923. The molecule has 0 aliphatic carbocycles. The molecule has 124 valence electrons. The second kappa shape index (κ2) is 7.76. The summed E-state index contributed by atoms with van der Waals surface area (Å²) in [6, 6.07) is 0.298. The van der Waals surface area contributed by atoms with Gasteiger partial charge in [-0.05, 0) is 39.2 Å². The molecule has 3 atom stereocenters. The Morgan fingerprint density at radius 1 is 1.38 bits per heavy atom. The topological polar surface area (TPSA) is 78.5 Å². The van der Waals surface area contributed by atoms with Crippen LogP contribution in [0.5, 0.6) is 0 Å². The SMILES string of the molecule is C[C@H]1C[C@@H](C(=O)NC[C@H]2CCCN2S(C)(=O)=O)CCN1.Cl. The number of nitrogens with zero attached hydrogens (tertiary/aromatic N) is 1. The zero-order valence-corrected chi connectivity index (χ0v) is 14.3. The predicted octanol–water partition coefficient (Wildman–Crippen LogP) is 0.337. The van der Waals surface area contributed by atoms with Gasteiger partial charge < -0.3 is 10.6 Å². The number of hydrogen-bond acceptors (Lipinski definition) is 4. The Morgan fingerprint density at radius 3 is 2.71 bits per heavy atom. The smallest absolute Gasteiger partial charge is 0.223 e. The molecule has 0 aromatic heterocycles. The van der Waals surface area contributed by atoms with E-state index in [1.54, 1.807) is 0 Å². The molecule has 6 nitrogen and oxygen atoms in total. The maximum absolute atomic E-state index is 12.1. The lowest BCUT2D eigenvalue weighted by atomic mass is 9.92. The Morgan fingerprint density at radius 2 is 2.10 bits per heavy atom. The summed E-state index contributed by atoms with van der Waals surface area (Å²) in [7, 11) is -3.16. The van der Waals surface area contributed by atoms with Crippen LogP contribution in [0, 0.1) is 5.92 Å². The van der Waals surface area contributed by atoms with Crippen LogP contribution in [0.2, 0.25) is 0 Å². The molecule has 8 heteroatoms. The summed E-state index contributed by atoms with van der Waals surface area (Å²) < 4.78 is 24.8. The summed E-state index contributed by atoms with van der Waals surface area (Å²) >= 11 is 0. The van der Waals surface area contributed by atoms with E-state index >= 15 is 0 Å². The lowest BCUT2D eigenvalue weighted by Gasteiger charge is -2.28. The molecule has 0 spiro atoms. The van der Waals surface area contributed by atoms with E-state index in [9.17, 15) is 13.2 Å². The maximum atomic E-state index is 12.1. The van der Waals surface area contributed by atoms with Gasteiger partial charge in [0.05, 0.1) is 6.26 Å². The van der Waals surface area contributed by atoms with Gasteiger partial charge in [0.2, 0.25) is 15.9 Å². The fourth-order valence-corrected chi connectivity index (χ4v) is 4.36. The highest BCUT2D eigenvalue weighted by Crippen LogP contribution is 2.20. The molecule has 1 amide bonds. The van der Waals surface area contributed by atoms with Gasteiger partial charge in [-0.3, -0.25) is 4.79 Å². The molecular weight excluding hydrogens is 314 g/mol. The molecule has 0 bridgehead atoms. The summed E-state index contributed by atoms with van der Waals surface area (Å²) in [5.74, 6) is 0.123. The lowest BCUT2D eigenvalue weighted by molar-refractivity contribution is -0.126. The number of piperidine rings is 1. The van der Waals surface area contributed by atoms with Crippen LogP contribution in [0.25, 0.3) is 0 Å². The number of nitrogens with one attached hydrogen (secondary N) is 2. The van der Waals surface area contributed by atoms with Gasteiger partial charge in [0, 0.05) is 31.1 Å². The number of hydrogen-bond donors (Lipinski definition) is 2. The van der Waals surface area contributed by atoms with Crippen molar-refractivity contribution in [2.75, 3.05) is 25.9 Å². The molecule has 0 aromatic carbocycles. The van der Waals surface area contributed by atoms with Crippen LogP contribution < -0.4 is 10.6 Å². The van der Waals surface area contributed by atoms with Gasteiger partial charge in [-0.1, -0.05) is 0 Å². The van der Waals surface area contributed by atoms with Crippen molar-refractivity contribution in [3.8, 4) is 0 Å². The number of sulfonamides is 1. The molecular formula is C13H26ClN3O3S. The second-order valence-electron chi connectivity index (χ2n) is 5.99. The van der Waals surface area contributed by atoms with Gasteiger partial charge in [0.15, 0.2) is 0 Å². The van der Waals surface area contributed by atoms with Crippen LogP contribution in [-0.2, 0) is 14.8 Å². The maximum Gasteiger partial charge on any atom is 0.223 e. The van der Waals surface area contributed by atoms with E-state index in [1.165, 1.54) is 10.6 Å². The summed E-state index contributed by atoms with van der Waals surface area (Å²) in [6.45, 7) is 3.97. The Balaban J connectivity index is 0.00000220. The highest BCUT2D eigenvalue weighted by molar-refractivity contribution is 7.88. The van der Waals surface area contributed by atoms with Crippen LogP contribution in [0.1, 0.15) is 32.6 Å². The van der Waals surface area contributed by atoms with Crippen LogP contribution in [0.3, 0.4) is 0 Å². The van der Waals surface area contributed by atoms with Crippen LogP contribution >= 0.6 is 12.4 Å². The quantitative estimate of drug-likeness (QED) is 0.774. The van der Waals surface area contributed by atoms with Gasteiger partial charge in [-0.15, -0.1) is 12.4 Å². The summed E-state index contributed by atoms with van der Waals surface area (Å²) in [4.78, 5) is 12.1. The van der Waals surface area contributed by atoms with Crippen LogP contribution in [0.15, 0.2) is 0 Å². The molecule has 2 rings (SSSR count). The molecule has 2 N–H and O–H groups in total. The van der Waals surface area contributed by atoms with Gasteiger partial charge >= 0.3 is 0 Å². The number of rotatable bonds is 4. The summed E-state index contributed by atoms with van der Waals surface area (Å²) in [5, 5.41) is 6.27. The molecule has 0 unspecified atom stereocenters. The number of amides is 1. The van der Waals surface area contributed by atoms with Gasteiger partial charge in [-0.2, -0.15) is 4.31 Å². The number of halogens is 1. The Kier molecular flexibility index (Phi) is 6.90. The van der Waals surface area contributed by atoms with Crippen LogP contribution in [-0.4, -0.2) is 56.6 Å². The first-order chi connectivity index (χ1) is 9.38. The molecule has 21 heavy (non-hydrogen) atoms. The fourth-order valence-electron chi connectivity index (χ4n) is 3.18. The van der Waals surface area contributed by atoms with E-state index in [2.05, 4.69) is 17.6 Å². The third kappa shape index (κ3) is 5.09. The largest absolute Gasteiger partial charge is 0.354 e. The van der Waals surface area contributed by atoms with Crippen molar-refractivity contribution in [1.82, 2.24) is 14.9 Å². The van der Waals surface area contributed by atoms with Gasteiger partial charge in [0.1, 0.15) is 0 Å². The Hall–Kier alpha value is -0.370. The first kappa shape index (κ1) is 18.7. The van der Waals surface area contributed by atoms with E-state index in [4.69, 9.17) is 0 Å². The average molecular weight is 340 g/mol. The number of carbonyl (C=O) groups excluding carboxylic acids is 1. The van der Waals surface area contributed by atoms with E-state index < -0.39 is 10.0 Å². The molecule has 0 aromatic rings.